The van der Waals surface area contributed by atoms with Gasteiger partial charge in [-0.1, -0.05) is 19.3 Å². The van der Waals surface area contributed by atoms with Gasteiger partial charge in [0.2, 0.25) is 0 Å². The molecule has 4 nitrogen and oxygen atoms in total. The first-order valence-electron chi connectivity index (χ1n) is 8.45. The van der Waals surface area contributed by atoms with E-state index in [0.717, 1.165) is 25.9 Å². The van der Waals surface area contributed by atoms with E-state index >= 15 is 0 Å². The number of likely N-dealkylation sites (tertiary alicyclic amines) is 1. The van der Waals surface area contributed by atoms with Crippen LogP contribution in [0, 0.1) is 11.3 Å². The summed E-state index contributed by atoms with van der Waals surface area (Å²) in [7, 11) is 0. The SMILES string of the molecule is CC(C)(C)OC(=O)N1CCC2(CCCCC2)C(CCO)C1. The minimum atomic E-state index is -0.441. The number of hydrogen-bond donors (Lipinski definition) is 1. The average molecular weight is 297 g/mol. The van der Waals surface area contributed by atoms with Gasteiger partial charge in [-0.15, -0.1) is 0 Å². The van der Waals surface area contributed by atoms with Crippen molar-refractivity contribution in [2.24, 2.45) is 11.3 Å². The van der Waals surface area contributed by atoms with E-state index in [4.69, 9.17) is 4.74 Å². The van der Waals surface area contributed by atoms with E-state index in [2.05, 4.69) is 0 Å². The lowest BCUT2D eigenvalue weighted by atomic mass is 9.61. The largest absolute Gasteiger partial charge is 0.444 e. The molecule has 122 valence electrons. The molecule has 1 aliphatic heterocycles. The number of aliphatic hydroxyl groups is 1. The third-order valence-electron chi connectivity index (χ3n) is 5.17. The van der Waals surface area contributed by atoms with Gasteiger partial charge < -0.3 is 14.7 Å². The number of amides is 1. The third kappa shape index (κ3) is 4.12. The van der Waals surface area contributed by atoms with Crippen molar-refractivity contribution in [1.29, 1.82) is 0 Å². The molecule has 0 aromatic heterocycles. The van der Waals surface area contributed by atoms with Crippen molar-refractivity contribution in [3.8, 4) is 0 Å². The molecule has 0 aromatic rings. The minimum absolute atomic E-state index is 0.198. The third-order valence-corrected chi connectivity index (χ3v) is 5.17. The van der Waals surface area contributed by atoms with Gasteiger partial charge in [0, 0.05) is 19.7 Å². The van der Waals surface area contributed by atoms with Crippen LogP contribution in [0.5, 0.6) is 0 Å². The Balaban J connectivity index is 2.02. The first-order chi connectivity index (χ1) is 9.86. The van der Waals surface area contributed by atoms with Crippen LogP contribution in [0.3, 0.4) is 0 Å². The second kappa shape index (κ2) is 6.55. The Kier molecular flexibility index (Phi) is 5.18. The number of carbonyl (C=O) groups excluding carboxylic acids is 1. The molecular weight excluding hydrogens is 266 g/mol. The molecule has 1 saturated carbocycles. The van der Waals surface area contributed by atoms with Crippen molar-refractivity contribution >= 4 is 6.09 Å². The highest BCUT2D eigenvalue weighted by molar-refractivity contribution is 5.68. The number of nitrogens with zero attached hydrogens (tertiary/aromatic N) is 1. The van der Waals surface area contributed by atoms with Crippen molar-refractivity contribution in [1.82, 2.24) is 4.90 Å². The summed E-state index contributed by atoms with van der Waals surface area (Å²) in [5, 5.41) is 9.41. The van der Waals surface area contributed by atoms with E-state index in [9.17, 15) is 9.90 Å². The van der Waals surface area contributed by atoms with Gasteiger partial charge in [0.1, 0.15) is 5.60 Å². The molecule has 4 heteroatoms. The van der Waals surface area contributed by atoms with Crippen LogP contribution in [0.4, 0.5) is 4.79 Å². The van der Waals surface area contributed by atoms with Gasteiger partial charge in [-0.05, 0) is 57.8 Å². The van der Waals surface area contributed by atoms with Crippen LogP contribution in [-0.4, -0.2) is 41.4 Å². The van der Waals surface area contributed by atoms with E-state index in [-0.39, 0.29) is 12.7 Å². The normalized spacial score (nSPS) is 25.9. The first kappa shape index (κ1) is 16.6. The summed E-state index contributed by atoms with van der Waals surface area (Å²) in [5.74, 6) is 0.420. The fourth-order valence-electron chi connectivity index (χ4n) is 4.07. The van der Waals surface area contributed by atoms with Crippen LogP contribution < -0.4 is 0 Å². The monoisotopic (exact) mass is 297 g/mol. The van der Waals surface area contributed by atoms with Gasteiger partial charge in [0.05, 0.1) is 0 Å². The Bertz CT molecular complexity index is 356. The Labute approximate surface area is 128 Å². The maximum absolute atomic E-state index is 12.3. The van der Waals surface area contributed by atoms with Crippen molar-refractivity contribution in [2.75, 3.05) is 19.7 Å². The zero-order valence-corrected chi connectivity index (χ0v) is 13.9. The Morgan fingerprint density at radius 2 is 1.90 bits per heavy atom. The highest BCUT2D eigenvalue weighted by atomic mass is 16.6. The van der Waals surface area contributed by atoms with Crippen molar-refractivity contribution in [3.63, 3.8) is 0 Å². The number of hydrogen-bond acceptors (Lipinski definition) is 3. The van der Waals surface area contributed by atoms with E-state index in [0.29, 0.717) is 11.3 Å². The van der Waals surface area contributed by atoms with Crippen LogP contribution in [0.25, 0.3) is 0 Å². The van der Waals surface area contributed by atoms with Crippen LogP contribution in [0.15, 0.2) is 0 Å². The Hall–Kier alpha value is -0.770. The quantitative estimate of drug-likeness (QED) is 0.847. The van der Waals surface area contributed by atoms with Gasteiger partial charge in [0.25, 0.3) is 0 Å². The van der Waals surface area contributed by atoms with E-state index in [1.807, 2.05) is 25.7 Å². The molecule has 1 N–H and O–H groups in total. The van der Waals surface area contributed by atoms with Crippen molar-refractivity contribution in [3.05, 3.63) is 0 Å². The minimum Gasteiger partial charge on any atom is -0.444 e. The summed E-state index contributed by atoms with van der Waals surface area (Å²) in [4.78, 5) is 14.1. The molecular formula is C17H31NO3. The zero-order chi connectivity index (χ0) is 15.5. The van der Waals surface area contributed by atoms with Gasteiger partial charge >= 0.3 is 6.09 Å². The molecule has 2 rings (SSSR count). The molecule has 2 fully saturated rings. The van der Waals surface area contributed by atoms with Crippen LogP contribution in [-0.2, 0) is 4.74 Å². The highest BCUT2D eigenvalue weighted by Crippen LogP contribution is 2.49. The smallest absolute Gasteiger partial charge is 0.410 e. The van der Waals surface area contributed by atoms with Gasteiger partial charge in [-0.3, -0.25) is 0 Å². The van der Waals surface area contributed by atoms with Crippen molar-refractivity contribution in [2.45, 2.75) is 71.3 Å². The summed E-state index contributed by atoms with van der Waals surface area (Å²) in [6.07, 6.45) is 8.14. The van der Waals surface area contributed by atoms with E-state index in [1.54, 1.807) is 0 Å². The lowest BCUT2D eigenvalue weighted by Gasteiger charge is -2.50. The molecule has 1 aliphatic carbocycles. The predicted molar refractivity (Wildman–Crippen MR) is 83.1 cm³/mol. The summed E-state index contributed by atoms with van der Waals surface area (Å²) in [5.41, 5.74) is -0.0803. The summed E-state index contributed by atoms with van der Waals surface area (Å²) in [6.45, 7) is 7.48. The zero-order valence-electron chi connectivity index (χ0n) is 13.9. The van der Waals surface area contributed by atoms with E-state index < -0.39 is 5.60 Å². The molecule has 0 aromatic carbocycles. The van der Waals surface area contributed by atoms with Gasteiger partial charge in [-0.25, -0.2) is 4.79 Å². The van der Waals surface area contributed by atoms with E-state index in [1.165, 1.54) is 32.1 Å². The molecule has 1 unspecified atom stereocenters. The second-order valence-corrected chi connectivity index (χ2v) is 7.81. The van der Waals surface area contributed by atoms with Crippen LogP contribution >= 0.6 is 0 Å². The fourth-order valence-corrected chi connectivity index (χ4v) is 4.07. The molecule has 1 heterocycles. The molecule has 2 aliphatic rings. The molecule has 0 radical (unpaired) electrons. The Morgan fingerprint density at radius 3 is 2.48 bits per heavy atom. The molecule has 0 bridgehead atoms. The molecule has 1 saturated heterocycles. The van der Waals surface area contributed by atoms with Crippen LogP contribution in [0.1, 0.15) is 65.7 Å². The summed E-state index contributed by atoms with van der Waals surface area (Å²) < 4.78 is 5.50. The fraction of sp³-hybridized carbons (Fsp3) is 0.941. The molecule has 1 spiro atoms. The maximum Gasteiger partial charge on any atom is 0.410 e. The lowest BCUT2D eigenvalue weighted by molar-refractivity contribution is -0.0282. The molecule has 21 heavy (non-hydrogen) atoms. The summed E-state index contributed by atoms with van der Waals surface area (Å²) >= 11 is 0. The van der Waals surface area contributed by atoms with Gasteiger partial charge in [0.15, 0.2) is 0 Å². The maximum atomic E-state index is 12.3. The number of piperidine rings is 1. The topological polar surface area (TPSA) is 49.8 Å². The highest BCUT2D eigenvalue weighted by Gasteiger charge is 2.44. The summed E-state index contributed by atoms with van der Waals surface area (Å²) in [6, 6.07) is 0. The molecule has 1 atom stereocenters. The number of rotatable bonds is 2. The molecule has 1 amide bonds. The predicted octanol–water partition coefficient (Wildman–Crippen LogP) is 3.58. The number of aliphatic hydroxyl groups excluding tert-OH is 1. The van der Waals surface area contributed by atoms with Crippen LogP contribution in [0.2, 0.25) is 0 Å². The van der Waals surface area contributed by atoms with Crippen molar-refractivity contribution < 1.29 is 14.6 Å². The Morgan fingerprint density at radius 1 is 1.24 bits per heavy atom. The number of carbonyl (C=O) groups is 1. The standard InChI is InChI=1S/C17H31NO3/c1-16(2,3)21-15(20)18-11-10-17(8-5-4-6-9-17)14(13-18)7-12-19/h14,19H,4-13H2,1-3H3. The average Bonchev–Trinajstić information content (AvgIpc) is 2.41. The first-order valence-corrected chi connectivity index (χ1v) is 8.45. The number of ether oxygens (including phenoxy) is 1. The lowest BCUT2D eigenvalue weighted by Crippen LogP contribution is -2.51. The second-order valence-electron chi connectivity index (χ2n) is 7.81. The van der Waals surface area contributed by atoms with Gasteiger partial charge in [-0.2, -0.15) is 0 Å².